The van der Waals surface area contributed by atoms with Gasteiger partial charge in [0.2, 0.25) is 0 Å². The van der Waals surface area contributed by atoms with Gasteiger partial charge in [-0.3, -0.25) is 0 Å². The molecule has 0 aliphatic heterocycles. The predicted molar refractivity (Wildman–Crippen MR) is 78.7 cm³/mol. The van der Waals surface area contributed by atoms with Crippen LogP contribution in [0.2, 0.25) is 0 Å². The fourth-order valence-corrected chi connectivity index (χ4v) is 2.37. The van der Waals surface area contributed by atoms with Crippen LogP contribution in [0.5, 0.6) is 5.75 Å². The van der Waals surface area contributed by atoms with Crippen LogP contribution in [0.1, 0.15) is 11.1 Å². The highest BCUT2D eigenvalue weighted by molar-refractivity contribution is 5.81. The van der Waals surface area contributed by atoms with Gasteiger partial charge in [-0.25, -0.2) is 4.39 Å². The van der Waals surface area contributed by atoms with Gasteiger partial charge in [0.1, 0.15) is 11.6 Å². The fourth-order valence-electron chi connectivity index (χ4n) is 2.37. The molecule has 0 amide bonds. The number of ether oxygens (including phenoxy) is 1. The van der Waals surface area contributed by atoms with Crippen LogP contribution >= 0.6 is 0 Å². The van der Waals surface area contributed by atoms with Crippen LogP contribution in [-0.2, 0) is 6.54 Å². The van der Waals surface area contributed by atoms with Gasteiger partial charge in [-0.15, -0.1) is 0 Å². The Morgan fingerprint density at radius 1 is 1.19 bits per heavy atom. The van der Waals surface area contributed by atoms with Gasteiger partial charge >= 0.3 is 0 Å². The summed E-state index contributed by atoms with van der Waals surface area (Å²) in [5.74, 6) is 0.220. The Hall–Kier alpha value is -2.80. The Labute approximate surface area is 121 Å². The van der Waals surface area contributed by atoms with E-state index < -0.39 is 0 Å². The lowest BCUT2D eigenvalue weighted by molar-refractivity contribution is 0.410. The van der Waals surface area contributed by atoms with Crippen molar-refractivity contribution < 1.29 is 9.13 Å². The highest BCUT2D eigenvalue weighted by atomic mass is 19.1. The van der Waals surface area contributed by atoms with E-state index in [0.29, 0.717) is 23.4 Å². The molecule has 0 bridgehead atoms. The fraction of sp³-hybridized carbons (Fsp3) is 0.118. The smallest absolute Gasteiger partial charge is 0.131 e. The van der Waals surface area contributed by atoms with E-state index in [1.54, 1.807) is 18.2 Å². The van der Waals surface area contributed by atoms with E-state index in [1.165, 1.54) is 13.2 Å². The van der Waals surface area contributed by atoms with Crippen LogP contribution in [-0.4, -0.2) is 11.7 Å². The second kappa shape index (κ2) is 5.29. The van der Waals surface area contributed by atoms with E-state index in [-0.39, 0.29) is 5.82 Å². The van der Waals surface area contributed by atoms with Gasteiger partial charge in [0.15, 0.2) is 0 Å². The lowest BCUT2D eigenvalue weighted by Crippen LogP contribution is -2.01. The third kappa shape index (κ3) is 2.46. The predicted octanol–water partition coefficient (Wildman–Crippen LogP) is 3.71. The Morgan fingerprint density at radius 2 is 2.05 bits per heavy atom. The maximum absolute atomic E-state index is 14.0. The van der Waals surface area contributed by atoms with Crippen molar-refractivity contribution in [2.24, 2.45) is 0 Å². The van der Waals surface area contributed by atoms with E-state index in [1.807, 2.05) is 29.0 Å². The van der Waals surface area contributed by atoms with Crippen molar-refractivity contribution in [1.29, 1.82) is 5.26 Å². The van der Waals surface area contributed by atoms with E-state index in [4.69, 9.17) is 10.00 Å². The molecule has 0 atom stereocenters. The largest absolute Gasteiger partial charge is 0.497 e. The summed E-state index contributed by atoms with van der Waals surface area (Å²) in [6, 6.07) is 14.4. The lowest BCUT2D eigenvalue weighted by Gasteiger charge is -2.08. The number of hydrogen-bond acceptors (Lipinski definition) is 2. The number of fused-ring (bicyclic) bond motifs is 1. The van der Waals surface area contributed by atoms with E-state index in [9.17, 15) is 4.39 Å². The van der Waals surface area contributed by atoms with Gasteiger partial charge in [0.05, 0.1) is 25.3 Å². The number of benzene rings is 2. The molecule has 3 aromatic rings. The topological polar surface area (TPSA) is 38.0 Å². The van der Waals surface area contributed by atoms with Crippen LogP contribution < -0.4 is 4.74 Å². The van der Waals surface area contributed by atoms with Gasteiger partial charge in [0, 0.05) is 28.7 Å². The molecule has 0 unspecified atom stereocenters. The average molecular weight is 280 g/mol. The third-order valence-corrected chi connectivity index (χ3v) is 3.50. The summed E-state index contributed by atoms with van der Waals surface area (Å²) in [6.07, 6.45) is 1.90. The zero-order valence-electron chi connectivity index (χ0n) is 11.5. The van der Waals surface area contributed by atoms with Crippen molar-refractivity contribution in [3.05, 3.63) is 65.6 Å². The van der Waals surface area contributed by atoms with Crippen molar-refractivity contribution in [2.45, 2.75) is 6.54 Å². The van der Waals surface area contributed by atoms with Crippen LogP contribution in [0.3, 0.4) is 0 Å². The minimum absolute atomic E-state index is 0.287. The average Bonchev–Trinajstić information content (AvgIpc) is 2.91. The first-order valence-corrected chi connectivity index (χ1v) is 6.52. The van der Waals surface area contributed by atoms with Gasteiger partial charge in [0.25, 0.3) is 0 Å². The molecule has 0 radical (unpaired) electrons. The molecule has 0 saturated carbocycles. The summed E-state index contributed by atoms with van der Waals surface area (Å²) in [5.41, 5.74) is 2.19. The van der Waals surface area contributed by atoms with Crippen LogP contribution in [0.4, 0.5) is 4.39 Å². The summed E-state index contributed by atoms with van der Waals surface area (Å²) in [7, 11) is 1.51. The van der Waals surface area contributed by atoms with Crippen molar-refractivity contribution in [1.82, 2.24) is 4.57 Å². The van der Waals surface area contributed by atoms with Crippen molar-refractivity contribution >= 4 is 10.9 Å². The maximum atomic E-state index is 14.0. The number of halogens is 1. The number of aromatic nitrogens is 1. The number of rotatable bonds is 3. The lowest BCUT2D eigenvalue weighted by atomic mass is 10.1. The molecule has 0 aliphatic carbocycles. The van der Waals surface area contributed by atoms with Gasteiger partial charge in [-0.1, -0.05) is 6.07 Å². The van der Waals surface area contributed by atoms with Crippen LogP contribution in [0.25, 0.3) is 10.9 Å². The normalized spacial score (nSPS) is 10.5. The van der Waals surface area contributed by atoms with Gasteiger partial charge < -0.3 is 9.30 Å². The van der Waals surface area contributed by atoms with Gasteiger partial charge in [-0.05, 0) is 30.3 Å². The zero-order valence-corrected chi connectivity index (χ0v) is 11.5. The molecule has 3 nitrogen and oxygen atoms in total. The molecule has 0 saturated heterocycles. The SMILES string of the molecule is COc1ccc(Cn2ccc3cc(C#N)ccc32)c(F)c1. The standard InChI is InChI=1S/C17H13FN2O/c1-21-15-4-3-14(16(18)9-15)11-20-7-6-13-8-12(10-19)2-5-17(13)20/h2-9H,11H2,1H3. The summed E-state index contributed by atoms with van der Waals surface area (Å²) >= 11 is 0. The molecule has 0 N–H and O–H groups in total. The van der Waals surface area contributed by atoms with Crippen LogP contribution in [0, 0.1) is 17.1 Å². The van der Waals surface area contributed by atoms with Crippen LogP contribution in [0.15, 0.2) is 48.7 Å². The molecule has 2 aromatic carbocycles. The summed E-state index contributed by atoms with van der Waals surface area (Å²) in [5, 5.41) is 9.88. The number of methoxy groups -OCH3 is 1. The summed E-state index contributed by atoms with van der Waals surface area (Å²) in [6.45, 7) is 0.436. The Balaban J connectivity index is 1.97. The summed E-state index contributed by atoms with van der Waals surface area (Å²) in [4.78, 5) is 0. The highest BCUT2D eigenvalue weighted by Gasteiger charge is 2.07. The molecular formula is C17H13FN2O. The summed E-state index contributed by atoms with van der Waals surface area (Å²) < 4.78 is 21.0. The highest BCUT2D eigenvalue weighted by Crippen LogP contribution is 2.21. The zero-order chi connectivity index (χ0) is 14.8. The molecule has 0 spiro atoms. The third-order valence-electron chi connectivity index (χ3n) is 3.50. The molecule has 104 valence electrons. The second-order valence-corrected chi connectivity index (χ2v) is 4.79. The first-order chi connectivity index (χ1) is 10.2. The number of hydrogen-bond donors (Lipinski definition) is 0. The van der Waals surface area contributed by atoms with E-state index in [2.05, 4.69) is 6.07 Å². The Morgan fingerprint density at radius 3 is 2.76 bits per heavy atom. The molecule has 21 heavy (non-hydrogen) atoms. The second-order valence-electron chi connectivity index (χ2n) is 4.79. The van der Waals surface area contributed by atoms with Crippen molar-refractivity contribution in [3.63, 3.8) is 0 Å². The Kier molecular flexibility index (Phi) is 3.33. The first kappa shape index (κ1) is 13.2. The number of nitriles is 1. The maximum Gasteiger partial charge on any atom is 0.131 e. The molecule has 1 heterocycles. The molecule has 0 fully saturated rings. The van der Waals surface area contributed by atoms with Crippen molar-refractivity contribution in [2.75, 3.05) is 7.11 Å². The molecule has 3 rings (SSSR count). The molecular weight excluding hydrogens is 267 g/mol. The molecule has 1 aromatic heterocycles. The molecule has 4 heteroatoms. The van der Waals surface area contributed by atoms with E-state index in [0.717, 1.165) is 10.9 Å². The Bertz CT molecular complexity index is 846. The van der Waals surface area contributed by atoms with Gasteiger partial charge in [-0.2, -0.15) is 5.26 Å². The monoisotopic (exact) mass is 280 g/mol. The quantitative estimate of drug-likeness (QED) is 0.733. The minimum atomic E-state index is -0.287. The number of nitrogens with zero attached hydrogens (tertiary/aromatic N) is 2. The van der Waals surface area contributed by atoms with Crippen molar-refractivity contribution in [3.8, 4) is 11.8 Å². The minimum Gasteiger partial charge on any atom is -0.497 e. The van der Waals surface area contributed by atoms with E-state index >= 15 is 0 Å². The molecule has 0 aliphatic rings. The first-order valence-electron chi connectivity index (χ1n) is 6.52.